The van der Waals surface area contributed by atoms with Crippen LogP contribution < -0.4 is 10.1 Å². The van der Waals surface area contributed by atoms with E-state index in [9.17, 15) is 9.59 Å². The molecule has 0 heterocycles. The van der Waals surface area contributed by atoms with Crippen molar-refractivity contribution < 1.29 is 19.4 Å². The van der Waals surface area contributed by atoms with E-state index in [-0.39, 0.29) is 17.7 Å². The topological polar surface area (TPSA) is 75.6 Å². The van der Waals surface area contributed by atoms with E-state index in [4.69, 9.17) is 9.84 Å². The summed E-state index contributed by atoms with van der Waals surface area (Å²) in [5.41, 5.74) is 0.384. The molecule has 0 aliphatic rings. The van der Waals surface area contributed by atoms with Gasteiger partial charge < -0.3 is 15.2 Å². The summed E-state index contributed by atoms with van der Waals surface area (Å²) in [5, 5.41) is 11.6. The van der Waals surface area contributed by atoms with Gasteiger partial charge in [0.2, 0.25) is 0 Å². The van der Waals surface area contributed by atoms with Crippen LogP contribution in [-0.2, 0) is 4.79 Å². The average molecular weight is 293 g/mol. The predicted octanol–water partition coefficient (Wildman–Crippen LogP) is 2.71. The molecule has 1 amide bonds. The first-order chi connectivity index (χ1) is 9.85. The maximum Gasteiger partial charge on any atom is 0.303 e. The zero-order chi connectivity index (χ0) is 15.9. The molecule has 5 heteroatoms. The van der Waals surface area contributed by atoms with Crippen molar-refractivity contribution in [3.05, 3.63) is 29.8 Å². The number of ether oxygens (including phenoxy) is 1. The van der Waals surface area contributed by atoms with Crippen LogP contribution in [0.2, 0.25) is 0 Å². The monoisotopic (exact) mass is 293 g/mol. The third-order valence-electron chi connectivity index (χ3n) is 3.45. The number of carboxylic acid groups (broad SMARTS) is 1. The summed E-state index contributed by atoms with van der Waals surface area (Å²) < 4.78 is 5.15. The van der Waals surface area contributed by atoms with Gasteiger partial charge in [0.1, 0.15) is 5.75 Å². The Morgan fingerprint density at radius 2 is 1.90 bits per heavy atom. The molecule has 116 valence electrons. The molecular weight excluding hydrogens is 270 g/mol. The lowest BCUT2D eigenvalue weighted by Crippen LogP contribution is -2.28. The summed E-state index contributed by atoms with van der Waals surface area (Å²) in [5.74, 6) is -0.428. The second-order valence-electron chi connectivity index (χ2n) is 5.76. The second-order valence-corrected chi connectivity index (χ2v) is 5.76. The molecule has 21 heavy (non-hydrogen) atoms. The Bertz CT molecular complexity index is 497. The predicted molar refractivity (Wildman–Crippen MR) is 80.6 cm³/mol. The van der Waals surface area contributed by atoms with E-state index in [0.717, 1.165) is 6.42 Å². The number of carboxylic acids is 1. The Morgan fingerprint density at radius 3 is 2.52 bits per heavy atom. The maximum atomic E-state index is 12.1. The molecule has 0 aromatic heterocycles. The molecule has 0 radical (unpaired) electrons. The largest absolute Gasteiger partial charge is 0.496 e. The van der Waals surface area contributed by atoms with E-state index in [1.807, 2.05) is 19.9 Å². The molecule has 1 aromatic carbocycles. The van der Waals surface area contributed by atoms with E-state index < -0.39 is 5.97 Å². The second kappa shape index (κ2) is 7.67. The minimum atomic E-state index is -0.791. The molecule has 0 bridgehead atoms. The number of rotatable bonds is 8. The molecular formula is C16H23NO4. The molecule has 1 rings (SSSR count). The highest BCUT2D eigenvalue weighted by atomic mass is 16.5. The summed E-state index contributed by atoms with van der Waals surface area (Å²) in [7, 11) is 1.53. The zero-order valence-electron chi connectivity index (χ0n) is 12.8. The lowest BCUT2D eigenvalue weighted by atomic mass is 9.84. The van der Waals surface area contributed by atoms with Gasteiger partial charge in [-0.2, -0.15) is 0 Å². The molecule has 0 aliphatic carbocycles. The van der Waals surface area contributed by atoms with E-state index in [2.05, 4.69) is 5.32 Å². The third-order valence-corrected chi connectivity index (χ3v) is 3.45. The standard InChI is InChI=1S/C16H23NO4/c1-16(2,9-8-14(18)19)10-11-17-15(20)12-6-4-5-7-13(12)21-3/h4-7H,8-11H2,1-3H3,(H,17,20)(H,18,19). The Labute approximate surface area is 125 Å². The number of nitrogens with one attached hydrogen (secondary N) is 1. The molecule has 0 saturated heterocycles. The van der Waals surface area contributed by atoms with Crippen LogP contribution >= 0.6 is 0 Å². The number of hydrogen-bond acceptors (Lipinski definition) is 3. The molecule has 0 aliphatic heterocycles. The van der Waals surface area contributed by atoms with Crippen LogP contribution in [0.4, 0.5) is 0 Å². The van der Waals surface area contributed by atoms with E-state index >= 15 is 0 Å². The van der Waals surface area contributed by atoms with Crippen molar-refractivity contribution in [3.63, 3.8) is 0 Å². The number of carbonyl (C=O) groups excluding carboxylic acids is 1. The Morgan fingerprint density at radius 1 is 1.24 bits per heavy atom. The molecule has 0 unspecified atom stereocenters. The number of aliphatic carboxylic acids is 1. The van der Waals surface area contributed by atoms with Gasteiger partial charge in [0, 0.05) is 13.0 Å². The van der Waals surface area contributed by atoms with Crippen LogP contribution in [0.5, 0.6) is 5.75 Å². The Kier molecular flexibility index (Phi) is 6.21. The number of hydrogen-bond donors (Lipinski definition) is 2. The minimum absolute atomic E-state index is 0.119. The molecule has 5 nitrogen and oxygen atoms in total. The zero-order valence-corrected chi connectivity index (χ0v) is 12.8. The molecule has 2 N–H and O–H groups in total. The van der Waals surface area contributed by atoms with Crippen molar-refractivity contribution in [1.82, 2.24) is 5.32 Å². The van der Waals surface area contributed by atoms with E-state index in [1.54, 1.807) is 18.2 Å². The quantitative estimate of drug-likeness (QED) is 0.772. The number of para-hydroxylation sites is 1. The van der Waals surface area contributed by atoms with Crippen LogP contribution in [0, 0.1) is 5.41 Å². The maximum absolute atomic E-state index is 12.1. The van der Waals surface area contributed by atoms with Gasteiger partial charge in [0.25, 0.3) is 5.91 Å². The van der Waals surface area contributed by atoms with Gasteiger partial charge in [0.05, 0.1) is 12.7 Å². The molecule has 0 atom stereocenters. The first-order valence-corrected chi connectivity index (χ1v) is 6.99. The van der Waals surface area contributed by atoms with Crippen molar-refractivity contribution in [3.8, 4) is 5.75 Å². The lowest BCUT2D eigenvalue weighted by molar-refractivity contribution is -0.137. The Balaban J connectivity index is 2.48. The highest BCUT2D eigenvalue weighted by molar-refractivity contribution is 5.96. The van der Waals surface area contributed by atoms with Gasteiger partial charge in [-0.1, -0.05) is 26.0 Å². The van der Waals surface area contributed by atoms with Crippen LogP contribution in [0.3, 0.4) is 0 Å². The highest BCUT2D eigenvalue weighted by Crippen LogP contribution is 2.26. The van der Waals surface area contributed by atoms with Crippen molar-refractivity contribution in [2.45, 2.75) is 33.1 Å². The normalized spacial score (nSPS) is 11.0. The SMILES string of the molecule is COc1ccccc1C(=O)NCCC(C)(C)CCC(=O)O. The fraction of sp³-hybridized carbons (Fsp3) is 0.500. The van der Waals surface area contributed by atoms with Gasteiger partial charge >= 0.3 is 5.97 Å². The van der Waals surface area contributed by atoms with Crippen molar-refractivity contribution in [2.75, 3.05) is 13.7 Å². The van der Waals surface area contributed by atoms with E-state index in [1.165, 1.54) is 7.11 Å². The molecule has 1 aromatic rings. The van der Waals surface area contributed by atoms with Gasteiger partial charge in [0.15, 0.2) is 0 Å². The first kappa shape index (κ1) is 17.0. The minimum Gasteiger partial charge on any atom is -0.496 e. The number of carbonyl (C=O) groups is 2. The van der Waals surface area contributed by atoms with Crippen LogP contribution in [0.25, 0.3) is 0 Å². The summed E-state index contributed by atoms with van der Waals surface area (Å²) in [6, 6.07) is 7.05. The fourth-order valence-corrected chi connectivity index (χ4v) is 2.01. The summed E-state index contributed by atoms with van der Waals surface area (Å²) in [4.78, 5) is 22.7. The van der Waals surface area contributed by atoms with Crippen LogP contribution in [0.15, 0.2) is 24.3 Å². The third kappa shape index (κ3) is 5.85. The lowest BCUT2D eigenvalue weighted by Gasteiger charge is -2.23. The van der Waals surface area contributed by atoms with Gasteiger partial charge in [-0.05, 0) is 30.4 Å². The fourth-order valence-electron chi connectivity index (χ4n) is 2.01. The smallest absolute Gasteiger partial charge is 0.303 e. The summed E-state index contributed by atoms with van der Waals surface area (Å²) >= 11 is 0. The average Bonchev–Trinajstić information content (AvgIpc) is 2.45. The number of amides is 1. The first-order valence-electron chi connectivity index (χ1n) is 6.99. The number of methoxy groups -OCH3 is 1. The van der Waals surface area contributed by atoms with Gasteiger partial charge in [-0.15, -0.1) is 0 Å². The van der Waals surface area contributed by atoms with Crippen LogP contribution in [-0.4, -0.2) is 30.6 Å². The molecule has 0 saturated carbocycles. The van der Waals surface area contributed by atoms with Crippen LogP contribution in [0.1, 0.15) is 43.5 Å². The van der Waals surface area contributed by atoms with Crippen molar-refractivity contribution in [1.29, 1.82) is 0 Å². The number of benzene rings is 1. The highest BCUT2D eigenvalue weighted by Gasteiger charge is 2.19. The summed E-state index contributed by atoms with van der Waals surface area (Å²) in [6.45, 7) is 4.51. The Hall–Kier alpha value is -2.04. The molecule has 0 spiro atoms. The van der Waals surface area contributed by atoms with Crippen molar-refractivity contribution >= 4 is 11.9 Å². The van der Waals surface area contributed by atoms with E-state index in [0.29, 0.717) is 24.3 Å². The van der Waals surface area contributed by atoms with Crippen molar-refractivity contribution in [2.24, 2.45) is 5.41 Å². The van der Waals surface area contributed by atoms with Gasteiger partial charge in [-0.25, -0.2) is 0 Å². The summed E-state index contributed by atoms with van der Waals surface area (Å²) in [6.07, 6.45) is 1.46. The van der Waals surface area contributed by atoms with Gasteiger partial charge in [-0.3, -0.25) is 9.59 Å². The molecule has 0 fully saturated rings.